The normalized spacial score (nSPS) is 15.9. The van der Waals surface area contributed by atoms with E-state index in [0.29, 0.717) is 6.42 Å². The molecule has 0 radical (unpaired) electrons. The van der Waals surface area contributed by atoms with Crippen molar-refractivity contribution < 1.29 is 29.3 Å². The van der Waals surface area contributed by atoms with E-state index in [1.54, 1.807) is 34.6 Å². The molecule has 0 spiro atoms. The van der Waals surface area contributed by atoms with Crippen LogP contribution in [0.25, 0.3) is 0 Å². The van der Waals surface area contributed by atoms with Crippen LogP contribution in [0.2, 0.25) is 0 Å². The molecule has 0 aliphatic heterocycles. The first-order valence-electron chi connectivity index (χ1n) is 11.0. The summed E-state index contributed by atoms with van der Waals surface area (Å²) in [4.78, 5) is 35.9. The average Bonchev–Trinajstić information content (AvgIpc) is 2.55. The highest BCUT2D eigenvalue weighted by Gasteiger charge is 2.30. The number of ether oxygens (including phenoxy) is 1. The zero-order valence-corrected chi connectivity index (χ0v) is 20.5. The average molecular weight is 446 g/mol. The summed E-state index contributed by atoms with van der Waals surface area (Å²) in [5.74, 6) is -1.20. The van der Waals surface area contributed by atoms with E-state index in [-0.39, 0.29) is 24.2 Å². The topological polar surface area (TPSA) is 137 Å². The number of carboxylic acids is 1. The van der Waals surface area contributed by atoms with Crippen molar-refractivity contribution in [2.24, 2.45) is 17.8 Å². The number of nitrogens with one attached hydrogen (secondary N) is 3. The molecule has 0 saturated heterocycles. The van der Waals surface area contributed by atoms with Gasteiger partial charge in [0.25, 0.3) is 0 Å². The molecule has 0 aliphatic rings. The van der Waals surface area contributed by atoms with Gasteiger partial charge in [0, 0.05) is 6.04 Å². The van der Waals surface area contributed by atoms with Crippen molar-refractivity contribution in [3.63, 3.8) is 0 Å². The van der Waals surface area contributed by atoms with Gasteiger partial charge in [0.05, 0.1) is 12.1 Å². The summed E-state index contributed by atoms with van der Waals surface area (Å²) in [5.41, 5.74) is -0.658. The summed E-state index contributed by atoms with van der Waals surface area (Å²) in [6.45, 7) is 16.5. The second-order valence-electron chi connectivity index (χ2n) is 10.2. The Labute approximate surface area is 186 Å². The summed E-state index contributed by atoms with van der Waals surface area (Å²) in [5, 5.41) is 28.1. The summed E-state index contributed by atoms with van der Waals surface area (Å²) < 4.78 is 5.31. The predicted octanol–water partition coefficient (Wildman–Crippen LogP) is 3.11. The zero-order chi connectivity index (χ0) is 24.5. The first kappa shape index (κ1) is 29.0. The van der Waals surface area contributed by atoms with Gasteiger partial charge in [0.2, 0.25) is 0 Å². The lowest BCUT2D eigenvalue weighted by Gasteiger charge is -2.31. The minimum absolute atomic E-state index is 0.0241. The molecule has 182 valence electrons. The van der Waals surface area contributed by atoms with E-state index in [1.807, 2.05) is 27.7 Å². The molecule has 3 amide bonds. The molecule has 0 aromatic rings. The van der Waals surface area contributed by atoms with Gasteiger partial charge in [-0.1, -0.05) is 41.5 Å². The Hall–Kier alpha value is -2.03. The van der Waals surface area contributed by atoms with E-state index < -0.39 is 47.9 Å². The largest absolute Gasteiger partial charge is 0.480 e. The van der Waals surface area contributed by atoms with Crippen LogP contribution in [0, 0.1) is 17.8 Å². The molecule has 0 aromatic carbocycles. The number of amides is 3. The molecule has 2 unspecified atom stereocenters. The number of hydrogen-bond donors (Lipinski definition) is 5. The van der Waals surface area contributed by atoms with Gasteiger partial charge in [-0.2, -0.15) is 0 Å². The molecule has 0 saturated carbocycles. The number of carbonyl (C=O) groups is 3. The van der Waals surface area contributed by atoms with Crippen molar-refractivity contribution in [2.45, 2.75) is 105 Å². The van der Waals surface area contributed by atoms with Crippen LogP contribution in [-0.4, -0.2) is 58.1 Å². The summed E-state index contributed by atoms with van der Waals surface area (Å²) in [6.07, 6.45) is -0.808. The second-order valence-corrected chi connectivity index (χ2v) is 10.2. The van der Waals surface area contributed by atoms with Crippen LogP contribution >= 0.6 is 0 Å². The fourth-order valence-electron chi connectivity index (χ4n) is 3.07. The third kappa shape index (κ3) is 12.4. The molecule has 0 bridgehead atoms. The Kier molecular flexibility index (Phi) is 11.9. The molecule has 0 aromatic heterocycles. The Morgan fingerprint density at radius 3 is 1.77 bits per heavy atom. The van der Waals surface area contributed by atoms with Crippen LogP contribution < -0.4 is 16.0 Å². The highest BCUT2D eigenvalue weighted by atomic mass is 16.6. The van der Waals surface area contributed by atoms with Crippen molar-refractivity contribution in [1.29, 1.82) is 0 Å². The number of aliphatic hydroxyl groups is 1. The first-order chi connectivity index (χ1) is 14.0. The van der Waals surface area contributed by atoms with Crippen molar-refractivity contribution >= 4 is 18.1 Å². The third-order valence-electron chi connectivity index (χ3n) is 4.73. The molecule has 0 heterocycles. The Balaban J connectivity index is 5.21. The maximum atomic E-state index is 12.4. The molecule has 31 heavy (non-hydrogen) atoms. The number of alkyl carbamates (subject to hydrolysis) is 1. The van der Waals surface area contributed by atoms with Crippen LogP contribution in [0.4, 0.5) is 9.59 Å². The molecule has 9 heteroatoms. The van der Waals surface area contributed by atoms with Gasteiger partial charge in [0.1, 0.15) is 11.6 Å². The summed E-state index contributed by atoms with van der Waals surface area (Å²) in [7, 11) is 0. The van der Waals surface area contributed by atoms with Crippen molar-refractivity contribution in [3.05, 3.63) is 0 Å². The van der Waals surface area contributed by atoms with Gasteiger partial charge >= 0.3 is 18.1 Å². The fourth-order valence-corrected chi connectivity index (χ4v) is 3.07. The molecule has 0 rings (SSSR count). The molecular formula is C22H43N3O6. The van der Waals surface area contributed by atoms with E-state index in [2.05, 4.69) is 16.0 Å². The quantitative estimate of drug-likeness (QED) is 0.331. The number of hydrogen-bond acceptors (Lipinski definition) is 5. The van der Waals surface area contributed by atoms with Gasteiger partial charge in [-0.25, -0.2) is 14.4 Å². The van der Waals surface area contributed by atoms with Gasteiger partial charge in [0.15, 0.2) is 0 Å². The SMILES string of the molecule is CC(C)C[C@H](NC(=O)OC(C)(C)C)C(O)CC(NC(=O)N[C@H](C(=O)O)C(C)C)C(C)C. The van der Waals surface area contributed by atoms with Crippen molar-refractivity contribution in [2.75, 3.05) is 0 Å². The van der Waals surface area contributed by atoms with Gasteiger partial charge in [-0.3, -0.25) is 0 Å². The Morgan fingerprint density at radius 2 is 1.39 bits per heavy atom. The first-order valence-corrected chi connectivity index (χ1v) is 11.0. The highest BCUT2D eigenvalue weighted by Crippen LogP contribution is 2.17. The van der Waals surface area contributed by atoms with Gasteiger partial charge < -0.3 is 30.9 Å². The monoisotopic (exact) mass is 445 g/mol. The van der Waals surface area contributed by atoms with Crippen LogP contribution in [0.15, 0.2) is 0 Å². The van der Waals surface area contributed by atoms with Crippen molar-refractivity contribution in [3.8, 4) is 0 Å². The number of rotatable bonds is 11. The molecule has 4 atom stereocenters. The molecule has 0 fully saturated rings. The van der Waals surface area contributed by atoms with E-state index >= 15 is 0 Å². The van der Waals surface area contributed by atoms with Crippen molar-refractivity contribution in [1.82, 2.24) is 16.0 Å². The van der Waals surface area contributed by atoms with E-state index in [9.17, 15) is 24.6 Å². The highest BCUT2D eigenvalue weighted by molar-refractivity contribution is 5.82. The number of aliphatic carboxylic acids is 1. The molecule has 9 nitrogen and oxygen atoms in total. The maximum Gasteiger partial charge on any atom is 0.407 e. The second kappa shape index (κ2) is 12.7. The Bertz CT molecular complexity index is 586. The zero-order valence-electron chi connectivity index (χ0n) is 20.5. The fraction of sp³-hybridized carbons (Fsp3) is 0.864. The summed E-state index contributed by atoms with van der Waals surface area (Å²) >= 11 is 0. The minimum atomic E-state index is -1.11. The van der Waals surface area contributed by atoms with Crippen LogP contribution in [0.5, 0.6) is 0 Å². The van der Waals surface area contributed by atoms with E-state index in [4.69, 9.17) is 4.74 Å². The lowest BCUT2D eigenvalue weighted by molar-refractivity contribution is -0.140. The Morgan fingerprint density at radius 1 is 0.839 bits per heavy atom. The van der Waals surface area contributed by atoms with Crippen LogP contribution in [-0.2, 0) is 9.53 Å². The van der Waals surface area contributed by atoms with E-state index in [0.717, 1.165) is 0 Å². The predicted molar refractivity (Wildman–Crippen MR) is 120 cm³/mol. The molecular weight excluding hydrogens is 402 g/mol. The molecule has 5 N–H and O–H groups in total. The standard InChI is InChI=1S/C22H43N3O6/c1-12(2)10-16(24-21(30)31-22(7,8)9)17(26)11-15(13(3)4)23-20(29)25-18(14(5)6)19(27)28/h12-18,26H,10-11H2,1-9H3,(H,24,30)(H,27,28)(H2,23,25,29)/t15?,16-,17?,18-/m0/s1. The number of aliphatic hydroxyl groups excluding tert-OH is 1. The van der Waals surface area contributed by atoms with E-state index in [1.165, 1.54) is 0 Å². The maximum absolute atomic E-state index is 12.4. The van der Waals surface area contributed by atoms with Gasteiger partial charge in [-0.05, 0) is 51.4 Å². The lowest BCUT2D eigenvalue weighted by atomic mass is 9.91. The number of urea groups is 1. The lowest BCUT2D eigenvalue weighted by Crippen LogP contribution is -2.54. The van der Waals surface area contributed by atoms with Gasteiger partial charge in [-0.15, -0.1) is 0 Å². The third-order valence-corrected chi connectivity index (χ3v) is 4.73. The number of carbonyl (C=O) groups excluding carboxylic acids is 2. The smallest absolute Gasteiger partial charge is 0.407 e. The summed E-state index contributed by atoms with van der Waals surface area (Å²) in [6, 6.07) is -2.59. The minimum Gasteiger partial charge on any atom is -0.480 e. The number of carboxylic acid groups (broad SMARTS) is 1. The van der Waals surface area contributed by atoms with Crippen LogP contribution in [0.1, 0.15) is 75.2 Å². The molecule has 0 aliphatic carbocycles. The van der Waals surface area contributed by atoms with Crippen LogP contribution in [0.3, 0.4) is 0 Å².